The Morgan fingerprint density at radius 3 is 2.28 bits per heavy atom. The van der Waals surface area contributed by atoms with Crippen molar-refractivity contribution in [3.05, 3.63) is 59.9 Å². The lowest BCUT2D eigenvalue weighted by Crippen LogP contribution is -2.33. The summed E-state index contributed by atoms with van der Waals surface area (Å²) in [5, 5.41) is 5.45. The molecule has 1 aliphatic heterocycles. The van der Waals surface area contributed by atoms with Crippen molar-refractivity contribution in [1.82, 2.24) is 5.32 Å². The van der Waals surface area contributed by atoms with E-state index < -0.39 is 0 Å². The largest absolute Gasteiger partial charge is 0.372 e. The van der Waals surface area contributed by atoms with Crippen LogP contribution >= 0.6 is 0 Å². The number of nitrogens with zero attached hydrogens (tertiary/aromatic N) is 1. The second-order valence-corrected chi connectivity index (χ2v) is 7.58. The van der Waals surface area contributed by atoms with E-state index >= 15 is 0 Å². The number of carbonyl (C=O) groups is 2. The molecule has 0 aromatic heterocycles. The van der Waals surface area contributed by atoms with Crippen LogP contribution in [0.2, 0.25) is 0 Å². The van der Waals surface area contributed by atoms with Crippen LogP contribution in [0.25, 0.3) is 0 Å². The van der Waals surface area contributed by atoms with Gasteiger partial charge in [-0.2, -0.15) is 0 Å². The third-order valence-corrected chi connectivity index (χ3v) is 5.25. The van der Waals surface area contributed by atoms with Gasteiger partial charge in [-0.1, -0.05) is 19.1 Å². The summed E-state index contributed by atoms with van der Waals surface area (Å²) in [6.45, 7) is 3.97. The Bertz CT molecular complexity index is 815. The van der Waals surface area contributed by atoms with Crippen LogP contribution in [0.3, 0.4) is 0 Å². The molecule has 6 heteroatoms. The highest BCUT2D eigenvalue weighted by Gasteiger charge is 2.13. The summed E-state index contributed by atoms with van der Waals surface area (Å²) < 4.78 is 13.0. The first-order chi connectivity index (χ1) is 14.0. The smallest absolute Gasteiger partial charge is 0.243 e. The fraction of sp³-hybridized carbons (Fsp3) is 0.391. The van der Waals surface area contributed by atoms with Crippen LogP contribution in [0, 0.1) is 5.82 Å². The first-order valence-electron chi connectivity index (χ1n) is 10.2. The summed E-state index contributed by atoms with van der Waals surface area (Å²) in [7, 11) is 0. The Morgan fingerprint density at radius 1 is 0.966 bits per heavy atom. The number of anilines is 2. The zero-order valence-electron chi connectivity index (χ0n) is 16.8. The molecule has 154 valence electrons. The summed E-state index contributed by atoms with van der Waals surface area (Å²) in [6.07, 6.45) is 3.97. The molecular weight excluding hydrogens is 369 g/mol. The Kier molecular flexibility index (Phi) is 7.22. The van der Waals surface area contributed by atoms with Crippen molar-refractivity contribution >= 4 is 23.2 Å². The Morgan fingerprint density at radius 2 is 1.62 bits per heavy atom. The van der Waals surface area contributed by atoms with Gasteiger partial charge in [0.2, 0.25) is 11.8 Å². The molecule has 0 spiro atoms. The Balaban J connectivity index is 1.42. The lowest BCUT2D eigenvalue weighted by atomic mass is 9.97. The van der Waals surface area contributed by atoms with E-state index in [1.165, 1.54) is 37.1 Å². The number of halogens is 1. The molecule has 0 bridgehead atoms. The van der Waals surface area contributed by atoms with E-state index in [1.807, 2.05) is 31.2 Å². The van der Waals surface area contributed by atoms with E-state index in [0.717, 1.165) is 18.7 Å². The molecule has 2 aromatic rings. The van der Waals surface area contributed by atoms with Crippen LogP contribution in [0.15, 0.2) is 48.5 Å². The summed E-state index contributed by atoms with van der Waals surface area (Å²) in [5.41, 5.74) is 2.77. The molecule has 1 unspecified atom stereocenters. The monoisotopic (exact) mass is 397 g/mol. The van der Waals surface area contributed by atoms with E-state index in [9.17, 15) is 14.0 Å². The lowest BCUT2D eigenvalue weighted by molar-refractivity contribution is -0.124. The van der Waals surface area contributed by atoms with Crippen LogP contribution in [0.1, 0.15) is 44.1 Å². The minimum absolute atomic E-state index is 0.0546. The SMILES string of the molecule is CC(CC(=O)NCC(=O)Nc1ccc(N2CCCCC2)cc1)c1ccc(F)cc1. The maximum atomic E-state index is 13.0. The average molecular weight is 397 g/mol. The van der Waals surface area contributed by atoms with Crippen molar-refractivity contribution in [3.8, 4) is 0 Å². The number of rotatable bonds is 7. The van der Waals surface area contributed by atoms with Gasteiger partial charge in [0.05, 0.1) is 6.54 Å². The molecule has 1 aliphatic rings. The zero-order valence-corrected chi connectivity index (χ0v) is 16.8. The number of carbonyl (C=O) groups excluding carboxylic acids is 2. The van der Waals surface area contributed by atoms with Crippen LogP contribution in [-0.2, 0) is 9.59 Å². The molecule has 2 aromatic carbocycles. The highest BCUT2D eigenvalue weighted by molar-refractivity contribution is 5.94. The molecule has 2 N–H and O–H groups in total. The van der Waals surface area contributed by atoms with Crippen molar-refractivity contribution in [3.63, 3.8) is 0 Å². The van der Waals surface area contributed by atoms with Gasteiger partial charge in [-0.15, -0.1) is 0 Å². The lowest BCUT2D eigenvalue weighted by Gasteiger charge is -2.28. The van der Waals surface area contributed by atoms with Crippen LogP contribution in [0.4, 0.5) is 15.8 Å². The normalized spacial score (nSPS) is 14.9. The van der Waals surface area contributed by atoms with Crippen molar-refractivity contribution < 1.29 is 14.0 Å². The highest BCUT2D eigenvalue weighted by atomic mass is 19.1. The van der Waals surface area contributed by atoms with Crippen LogP contribution in [0.5, 0.6) is 0 Å². The van der Waals surface area contributed by atoms with Gasteiger partial charge in [-0.25, -0.2) is 4.39 Å². The third kappa shape index (κ3) is 6.31. The number of hydrogen-bond acceptors (Lipinski definition) is 3. The molecule has 29 heavy (non-hydrogen) atoms. The third-order valence-electron chi connectivity index (χ3n) is 5.25. The molecule has 1 atom stereocenters. The molecule has 1 saturated heterocycles. The highest BCUT2D eigenvalue weighted by Crippen LogP contribution is 2.22. The van der Waals surface area contributed by atoms with Crippen molar-refractivity contribution in [2.75, 3.05) is 29.9 Å². The van der Waals surface area contributed by atoms with Gasteiger partial charge in [-0.3, -0.25) is 9.59 Å². The average Bonchev–Trinajstić information content (AvgIpc) is 2.74. The van der Waals surface area contributed by atoms with Crippen molar-refractivity contribution in [1.29, 1.82) is 0 Å². The molecule has 0 saturated carbocycles. The standard InChI is InChI=1S/C23H28FN3O2/c1-17(18-5-7-19(24)8-6-18)15-22(28)25-16-23(29)26-20-9-11-21(12-10-20)27-13-3-2-4-14-27/h5-12,17H,2-4,13-16H2,1H3,(H,25,28)(H,26,29). The van der Waals surface area contributed by atoms with E-state index in [4.69, 9.17) is 0 Å². The predicted molar refractivity (Wildman–Crippen MR) is 114 cm³/mol. The molecule has 1 heterocycles. The van der Waals surface area contributed by atoms with E-state index in [2.05, 4.69) is 15.5 Å². The van der Waals surface area contributed by atoms with Gasteiger partial charge in [0.1, 0.15) is 5.82 Å². The van der Waals surface area contributed by atoms with Crippen LogP contribution in [-0.4, -0.2) is 31.4 Å². The second-order valence-electron chi connectivity index (χ2n) is 7.58. The minimum atomic E-state index is -0.300. The number of hydrogen-bond donors (Lipinski definition) is 2. The second kappa shape index (κ2) is 10.0. The quantitative estimate of drug-likeness (QED) is 0.741. The molecule has 1 fully saturated rings. The number of amides is 2. The molecule has 0 radical (unpaired) electrons. The predicted octanol–water partition coefficient (Wildman–Crippen LogP) is 4.06. The summed E-state index contributed by atoms with van der Waals surface area (Å²) in [4.78, 5) is 26.6. The van der Waals surface area contributed by atoms with Gasteiger partial charge in [0, 0.05) is 30.9 Å². The minimum Gasteiger partial charge on any atom is -0.372 e. The topological polar surface area (TPSA) is 61.4 Å². The van der Waals surface area contributed by atoms with E-state index in [1.54, 1.807) is 12.1 Å². The molecule has 2 amide bonds. The first kappa shape index (κ1) is 20.8. The van der Waals surface area contributed by atoms with Gasteiger partial charge in [0.25, 0.3) is 0 Å². The summed E-state index contributed by atoms with van der Waals surface area (Å²) in [6, 6.07) is 13.9. The fourth-order valence-corrected chi connectivity index (χ4v) is 3.55. The zero-order chi connectivity index (χ0) is 20.6. The molecule has 3 rings (SSSR count). The molecule has 0 aliphatic carbocycles. The molecule has 5 nitrogen and oxygen atoms in total. The maximum Gasteiger partial charge on any atom is 0.243 e. The fourth-order valence-electron chi connectivity index (χ4n) is 3.55. The van der Waals surface area contributed by atoms with Gasteiger partial charge in [0.15, 0.2) is 0 Å². The Labute approximate surface area is 171 Å². The number of nitrogens with one attached hydrogen (secondary N) is 2. The van der Waals surface area contributed by atoms with E-state index in [-0.39, 0.29) is 36.5 Å². The van der Waals surface area contributed by atoms with E-state index in [0.29, 0.717) is 5.69 Å². The number of benzene rings is 2. The van der Waals surface area contributed by atoms with Gasteiger partial charge >= 0.3 is 0 Å². The maximum absolute atomic E-state index is 13.0. The van der Waals surface area contributed by atoms with Gasteiger partial charge in [-0.05, 0) is 67.1 Å². The van der Waals surface area contributed by atoms with Crippen LogP contribution < -0.4 is 15.5 Å². The summed E-state index contributed by atoms with van der Waals surface area (Å²) >= 11 is 0. The molecular formula is C23H28FN3O2. The Hall–Kier alpha value is -2.89. The van der Waals surface area contributed by atoms with Gasteiger partial charge < -0.3 is 15.5 Å². The number of piperidine rings is 1. The first-order valence-corrected chi connectivity index (χ1v) is 10.2. The van der Waals surface area contributed by atoms with Crippen molar-refractivity contribution in [2.24, 2.45) is 0 Å². The summed E-state index contributed by atoms with van der Waals surface area (Å²) in [5.74, 6) is -0.831. The van der Waals surface area contributed by atoms with Crippen molar-refractivity contribution in [2.45, 2.75) is 38.5 Å².